The van der Waals surface area contributed by atoms with Crippen molar-refractivity contribution < 1.29 is 19.4 Å². The lowest BCUT2D eigenvalue weighted by Gasteiger charge is -2.27. The van der Waals surface area contributed by atoms with E-state index in [0.29, 0.717) is 22.6 Å². The van der Waals surface area contributed by atoms with E-state index in [4.69, 9.17) is 4.74 Å². The van der Waals surface area contributed by atoms with E-state index in [1.807, 2.05) is 32.0 Å². The summed E-state index contributed by atoms with van der Waals surface area (Å²) < 4.78 is 5.36. The molecule has 0 saturated carbocycles. The Morgan fingerprint density at radius 3 is 2.45 bits per heavy atom. The number of amides is 1. The summed E-state index contributed by atoms with van der Waals surface area (Å²) in [7, 11) is 1.49. The molecule has 1 aliphatic heterocycles. The Bertz CT molecular complexity index is 1200. The molecule has 0 aliphatic carbocycles. The van der Waals surface area contributed by atoms with Crippen molar-refractivity contribution in [3.8, 4) is 5.75 Å². The van der Waals surface area contributed by atoms with Gasteiger partial charge in [-0.2, -0.15) is 0 Å². The van der Waals surface area contributed by atoms with Crippen LogP contribution in [0.2, 0.25) is 0 Å². The van der Waals surface area contributed by atoms with Crippen LogP contribution in [0.4, 0.5) is 5.69 Å². The van der Waals surface area contributed by atoms with Gasteiger partial charge >= 0.3 is 0 Å². The lowest BCUT2D eigenvalue weighted by molar-refractivity contribution is -0.132. The molecule has 156 valence electrons. The Hall–Kier alpha value is -3.93. The number of hydrogen-bond donors (Lipinski definition) is 1. The number of benzene rings is 2. The molecule has 1 N–H and O–H groups in total. The number of ketones is 1. The number of para-hydroxylation sites is 1. The zero-order chi connectivity index (χ0) is 22.1. The molecule has 4 rings (SSSR count). The van der Waals surface area contributed by atoms with E-state index in [0.717, 1.165) is 11.1 Å². The molecule has 0 bridgehead atoms. The fraction of sp³-hybridized carbons (Fsp3) is 0.160. The van der Waals surface area contributed by atoms with E-state index in [1.54, 1.807) is 48.8 Å². The molecule has 6 heteroatoms. The Labute approximate surface area is 180 Å². The van der Waals surface area contributed by atoms with Gasteiger partial charge in [-0.25, -0.2) is 0 Å². The fourth-order valence-electron chi connectivity index (χ4n) is 3.91. The highest BCUT2D eigenvalue weighted by molar-refractivity contribution is 6.51. The Morgan fingerprint density at radius 1 is 1.03 bits per heavy atom. The highest BCUT2D eigenvalue weighted by atomic mass is 16.5. The number of carbonyl (C=O) groups is 2. The maximum atomic E-state index is 13.2. The zero-order valence-corrected chi connectivity index (χ0v) is 17.5. The monoisotopic (exact) mass is 414 g/mol. The molecule has 2 aromatic carbocycles. The number of aryl methyl sites for hydroxylation is 2. The van der Waals surface area contributed by atoms with Gasteiger partial charge in [0.15, 0.2) is 0 Å². The number of rotatable bonds is 4. The molecule has 2 heterocycles. The van der Waals surface area contributed by atoms with Gasteiger partial charge < -0.3 is 9.84 Å². The van der Waals surface area contributed by atoms with Gasteiger partial charge in [-0.05, 0) is 60.9 Å². The van der Waals surface area contributed by atoms with Crippen molar-refractivity contribution in [1.29, 1.82) is 0 Å². The predicted molar refractivity (Wildman–Crippen MR) is 118 cm³/mol. The average Bonchev–Trinajstić information content (AvgIpc) is 3.06. The number of carbonyl (C=O) groups excluding carboxylic acids is 2. The topological polar surface area (TPSA) is 79.7 Å². The molecule has 0 spiro atoms. The first kappa shape index (κ1) is 20.3. The Balaban J connectivity index is 2.00. The van der Waals surface area contributed by atoms with Crippen LogP contribution in [0.3, 0.4) is 0 Å². The molecule has 1 unspecified atom stereocenters. The summed E-state index contributed by atoms with van der Waals surface area (Å²) in [4.78, 5) is 32.0. The third kappa shape index (κ3) is 3.46. The summed E-state index contributed by atoms with van der Waals surface area (Å²) in [5.41, 5.74) is 3.48. The number of nitrogens with zero attached hydrogens (tertiary/aromatic N) is 2. The van der Waals surface area contributed by atoms with Crippen LogP contribution in [-0.4, -0.2) is 28.9 Å². The minimum atomic E-state index is -0.798. The van der Waals surface area contributed by atoms with Crippen molar-refractivity contribution in [3.63, 3.8) is 0 Å². The van der Waals surface area contributed by atoms with Crippen LogP contribution in [0, 0.1) is 13.8 Å². The molecule has 6 nitrogen and oxygen atoms in total. The lowest BCUT2D eigenvalue weighted by atomic mass is 9.95. The summed E-state index contributed by atoms with van der Waals surface area (Å²) in [6.07, 6.45) is 3.20. The van der Waals surface area contributed by atoms with Gasteiger partial charge in [-0.3, -0.25) is 19.5 Å². The number of ether oxygens (including phenoxy) is 1. The van der Waals surface area contributed by atoms with Gasteiger partial charge in [-0.1, -0.05) is 24.3 Å². The maximum Gasteiger partial charge on any atom is 0.300 e. The molecule has 1 fully saturated rings. The van der Waals surface area contributed by atoms with Gasteiger partial charge in [0.2, 0.25) is 0 Å². The number of anilines is 1. The largest absolute Gasteiger partial charge is 0.507 e. The van der Waals surface area contributed by atoms with Gasteiger partial charge in [0.05, 0.1) is 24.3 Å². The van der Waals surface area contributed by atoms with E-state index >= 15 is 0 Å². The number of aliphatic hydroxyl groups is 1. The maximum absolute atomic E-state index is 13.2. The third-order valence-corrected chi connectivity index (χ3v) is 5.45. The highest BCUT2D eigenvalue weighted by Gasteiger charge is 2.47. The van der Waals surface area contributed by atoms with Gasteiger partial charge in [0.1, 0.15) is 11.5 Å². The number of pyridine rings is 1. The van der Waals surface area contributed by atoms with Crippen molar-refractivity contribution >= 4 is 23.1 Å². The standard InChI is InChI=1S/C25H22N2O4/c1-15-8-9-16(2)19(14-15)27-22(17-10-12-26-13-11-17)21(24(29)25(27)30)23(28)18-6-4-5-7-20(18)31-3/h4-14,22,28H,1-3H3/b23-21+. The normalized spacial score (nSPS) is 17.8. The molecule has 1 aromatic heterocycles. The first-order valence-corrected chi connectivity index (χ1v) is 9.85. The second-order valence-electron chi connectivity index (χ2n) is 7.44. The van der Waals surface area contributed by atoms with Crippen molar-refractivity contribution in [2.75, 3.05) is 12.0 Å². The Morgan fingerprint density at radius 2 is 1.74 bits per heavy atom. The van der Waals surface area contributed by atoms with Crippen molar-refractivity contribution in [2.45, 2.75) is 19.9 Å². The van der Waals surface area contributed by atoms with Gasteiger partial charge in [-0.15, -0.1) is 0 Å². The second kappa shape index (κ2) is 8.07. The van der Waals surface area contributed by atoms with E-state index in [9.17, 15) is 14.7 Å². The number of aromatic nitrogens is 1. The number of methoxy groups -OCH3 is 1. The predicted octanol–water partition coefficient (Wildman–Crippen LogP) is 4.33. The number of aliphatic hydroxyl groups excluding tert-OH is 1. The van der Waals surface area contributed by atoms with E-state index in [1.165, 1.54) is 12.0 Å². The molecule has 0 radical (unpaired) electrons. The minimum absolute atomic E-state index is 0.0154. The van der Waals surface area contributed by atoms with Crippen LogP contribution >= 0.6 is 0 Å². The SMILES string of the molecule is COc1ccccc1/C(O)=C1\C(=O)C(=O)N(c2cc(C)ccc2C)C1c1ccncc1. The van der Waals surface area contributed by atoms with Crippen molar-refractivity contribution in [1.82, 2.24) is 4.98 Å². The first-order valence-electron chi connectivity index (χ1n) is 9.85. The Kier molecular flexibility index (Phi) is 5.29. The smallest absolute Gasteiger partial charge is 0.300 e. The quantitative estimate of drug-likeness (QED) is 0.390. The molecule has 1 amide bonds. The molecule has 31 heavy (non-hydrogen) atoms. The molecule has 1 aliphatic rings. The fourth-order valence-corrected chi connectivity index (χ4v) is 3.91. The van der Waals surface area contributed by atoms with Gasteiger partial charge in [0.25, 0.3) is 11.7 Å². The molecule has 3 aromatic rings. The van der Waals surface area contributed by atoms with Crippen LogP contribution in [0.5, 0.6) is 5.75 Å². The summed E-state index contributed by atoms with van der Waals surface area (Å²) in [5, 5.41) is 11.2. The summed E-state index contributed by atoms with van der Waals surface area (Å²) >= 11 is 0. The molecular formula is C25H22N2O4. The first-order chi connectivity index (χ1) is 14.9. The molecule has 1 atom stereocenters. The van der Waals surface area contributed by atoms with E-state index in [2.05, 4.69) is 4.98 Å². The van der Waals surface area contributed by atoms with Crippen LogP contribution < -0.4 is 9.64 Å². The molecule has 1 saturated heterocycles. The van der Waals surface area contributed by atoms with E-state index < -0.39 is 17.7 Å². The van der Waals surface area contributed by atoms with E-state index in [-0.39, 0.29) is 11.3 Å². The second-order valence-corrected chi connectivity index (χ2v) is 7.44. The van der Waals surface area contributed by atoms with Crippen LogP contribution in [0.15, 0.2) is 72.6 Å². The minimum Gasteiger partial charge on any atom is -0.507 e. The zero-order valence-electron chi connectivity index (χ0n) is 17.5. The van der Waals surface area contributed by atoms with Crippen LogP contribution in [-0.2, 0) is 9.59 Å². The summed E-state index contributed by atoms with van der Waals surface area (Å²) in [5.74, 6) is -1.30. The van der Waals surface area contributed by atoms with Gasteiger partial charge in [0, 0.05) is 18.1 Å². The third-order valence-electron chi connectivity index (χ3n) is 5.45. The average molecular weight is 414 g/mol. The summed E-state index contributed by atoms with van der Waals surface area (Å²) in [6, 6.07) is 15.3. The summed E-state index contributed by atoms with van der Waals surface area (Å²) in [6.45, 7) is 3.81. The lowest BCUT2D eigenvalue weighted by Crippen LogP contribution is -2.30. The van der Waals surface area contributed by atoms with Crippen molar-refractivity contribution in [2.24, 2.45) is 0 Å². The number of hydrogen-bond acceptors (Lipinski definition) is 5. The highest BCUT2D eigenvalue weighted by Crippen LogP contribution is 2.44. The number of Topliss-reactive ketones (excluding diaryl/α,β-unsaturated/α-hetero) is 1. The van der Waals surface area contributed by atoms with Crippen LogP contribution in [0.1, 0.15) is 28.3 Å². The van der Waals surface area contributed by atoms with Crippen molar-refractivity contribution in [3.05, 3.63) is 94.8 Å². The van der Waals surface area contributed by atoms with Crippen LogP contribution in [0.25, 0.3) is 5.76 Å². The molecular weight excluding hydrogens is 392 g/mol.